The van der Waals surface area contributed by atoms with Gasteiger partial charge >= 0.3 is 0 Å². The average molecular weight is 452 g/mol. The van der Waals surface area contributed by atoms with Crippen molar-refractivity contribution in [3.8, 4) is 0 Å². The molecule has 1 fully saturated rings. The number of amides is 1. The number of carbonyl (C=O) groups is 1. The van der Waals surface area contributed by atoms with Crippen molar-refractivity contribution in [2.24, 2.45) is 5.92 Å². The molecular weight excluding hydrogens is 422 g/mol. The molecule has 32 heavy (non-hydrogen) atoms. The molecule has 4 rings (SSSR count). The fourth-order valence-corrected chi connectivity index (χ4v) is 4.60. The van der Waals surface area contributed by atoms with Crippen LogP contribution in [0.3, 0.4) is 0 Å². The molecule has 0 unspecified atom stereocenters. The number of anilines is 2. The van der Waals surface area contributed by atoms with Crippen molar-refractivity contribution >= 4 is 40.2 Å². The van der Waals surface area contributed by atoms with Gasteiger partial charge in [-0.2, -0.15) is 4.98 Å². The van der Waals surface area contributed by atoms with Crippen LogP contribution < -0.4 is 15.5 Å². The van der Waals surface area contributed by atoms with E-state index in [1.54, 1.807) is 12.1 Å². The van der Waals surface area contributed by atoms with Crippen LogP contribution >= 0.6 is 11.6 Å². The number of rotatable bonds is 6. The Labute approximate surface area is 194 Å². The number of fused-ring (bicyclic) bond motifs is 1. The molecule has 0 spiro atoms. The summed E-state index contributed by atoms with van der Waals surface area (Å²) < 4.78 is 0. The Morgan fingerprint density at radius 2 is 1.84 bits per heavy atom. The van der Waals surface area contributed by atoms with E-state index in [1.165, 1.54) is 0 Å². The SMILES string of the molecule is Cc1cc(Cl)ccc1C(=O)NCC1CCC(Nc2nc(N(C)C)c3ccccc3n2)CC1. The second-order valence-electron chi connectivity index (χ2n) is 8.81. The van der Waals surface area contributed by atoms with Gasteiger partial charge in [-0.1, -0.05) is 23.7 Å². The number of aryl methyl sites for hydroxylation is 1. The highest BCUT2D eigenvalue weighted by Gasteiger charge is 2.23. The third-order valence-corrected chi connectivity index (χ3v) is 6.41. The molecule has 1 aliphatic carbocycles. The molecule has 2 aromatic carbocycles. The number of benzene rings is 2. The van der Waals surface area contributed by atoms with E-state index in [1.807, 2.05) is 50.2 Å². The van der Waals surface area contributed by atoms with Crippen LogP contribution in [0.1, 0.15) is 41.6 Å². The molecule has 0 aliphatic heterocycles. The summed E-state index contributed by atoms with van der Waals surface area (Å²) in [6.07, 6.45) is 4.19. The minimum Gasteiger partial charge on any atom is -0.362 e. The van der Waals surface area contributed by atoms with Crippen molar-refractivity contribution in [3.63, 3.8) is 0 Å². The fourth-order valence-electron chi connectivity index (χ4n) is 4.37. The number of aromatic nitrogens is 2. The summed E-state index contributed by atoms with van der Waals surface area (Å²) in [5.74, 6) is 2.06. The van der Waals surface area contributed by atoms with E-state index in [0.29, 0.717) is 35.0 Å². The van der Waals surface area contributed by atoms with Gasteiger partial charge in [-0.3, -0.25) is 4.79 Å². The Morgan fingerprint density at radius 1 is 1.09 bits per heavy atom. The monoisotopic (exact) mass is 451 g/mol. The van der Waals surface area contributed by atoms with Crippen LogP contribution in [0.5, 0.6) is 0 Å². The predicted octanol–water partition coefficient (Wildman–Crippen LogP) is 5.06. The van der Waals surface area contributed by atoms with Crippen LogP contribution in [0.4, 0.5) is 11.8 Å². The molecule has 7 heteroatoms. The second kappa shape index (κ2) is 9.74. The van der Waals surface area contributed by atoms with Gasteiger partial charge < -0.3 is 15.5 Å². The summed E-state index contributed by atoms with van der Waals surface area (Å²) in [4.78, 5) is 24.0. The van der Waals surface area contributed by atoms with Crippen LogP contribution in [-0.4, -0.2) is 42.6 Å². The third kappa shape index (κ3) is 5.13. The third-order valence-electron chi connectivity index (χ3n) is 6.17. The normalized spacial score (nSPS) is 18.4. The first-order valence-electron chi connectivity index (χ1n) is 11.2. The Kier molecular flexibility index (Phi) is 6.80. The zero-order valence-corrected chi connectivity index (χ0v) is 19.6. The summed E-state index contributed by atoms with van der Waals surface area (Å²) in [7, 11) is 4.01. The van der Waals surface area contributed by atoms with Gasteiger partial charge in [0.05, 0.1) is 5.52 Å². The molecule has 1 aliphatic rings. The fraction of sp³-hybridized carbons (Fsp3) is 0.400. The van der Waals surface area contributed by atoms with Crippen molar-refractivity contribution < 1.29 is 4.79 Å². The molecule has 1 heterocycles. The summed E-state index contributed by atoms with van der Waals surface area (Å²) >= 11 is 6.00. The molecule has 6 nitrogen and oxygen atoms in total. The van der Waals surface area contributed by atoms with E-state index in [2.05, 4.69) is 16.7 Å². The molecule has 0 radical (unpaired) electrons. The van der Waals surface area contributed by atoms with E-state index in [9.17, 15) is 4.79 Å². The molecule has 3 aromatic rings. The van der Waals surface area contributed by atoms with Gasteiger partial charge in [-0.15, -0.1) is 0 Å². The quantitative estimate of drug-likeness (QED) is 0.548. The lowest BCUT2D eigenvalue weighted by Crippen LogP contribution is -2.34. The van der Waals surface area contributed by atoms with E-state index < -0.39 is 0 Å². The number of hydrogen-bond acceptors (Lipinski definition) is 5. The first-order valence-corrected chi connectivity index (χ1v) is 11.5. The largest absolute Gasteiger partial charge is 0.362 e. The minimum absolute atomic E-state index is 0.0276. The highest BCUT2D eigenvalue weighted by molar-refractivity contribution is 6.30. The summed E-state index contributed by atoms with van der Waals surface area (Å²) in [5.41, 5.74) is 2.54. The molecule has 2 N–H and O–H groups in total. The van der Waals surface area contributed by atoms with Gasteiger partial charge in [0.15, 0.2) is 0 Å². The minimum atomic E-state index is -0.0276. The van der Waals surface area contributed by atoms with Crippen molar-refractivity contribution in [1.82, 2.24) is 15.3 Å². The molecule has 0 bridgehead atoms. The maximum Gasteiger partial charge on any atom is 0.251 e. The Bertz CT molecular complexity index is 1110. The first kappa shape index (κ1) is 22.3. The lowest BCUT2D eigenvalue weighted by atomic mass is 9.86. The predicted molar refractivity (Wildman–Crippen MR) is 132 cm³/mol. The van der Waals surface area contributed by atoms with Crippen LogP contribution in [0.2, 0.25) is 5.02 Å². The van der Waals surface area contributed by atoms with Gasteiger partial charge in [0.2, 0.25) is 5.95 Å². The summed E-state index contributed by atoms with van der Waals surface area (Å²) in [5, 5.41) is 8.35. The first-order chi connectivity index (χ1) is 15.4. The molecular formula is C25H30ClN5O. The molecule has 168 valence electrons. The Hall–Kier alpha value is -2.86. The molecule has 0 saturated heterocycles. The molecule has 1 saturated carbocycles. The van der Waals surface area contributed by atoms with Gasteiger partial charge in [-0.25, -0.2) is 4.98 Å². The zero-order valence-electron chi connectivity index (χ0n) is 18.9. The Morgan fingerprint density at radius 3 is 2.56 bits per heavy atom. The van der Waals surface area contributed by atoms with Gasteiger partial charge in [0, 0.05) is 42.7 Å². The van der Waals surface area contributed by atoms with Gasteiger partial charge in [-0.05, 0) is 74.4 Å². The van der Waals surface area contributed by atoms with Gasteiger partial charge in [0.25, 0.3) is 5.91 Å². The van der Waals surface area contributed by atoms with Crippen LogP contribution in [-0.2, 0) is 0 Å². The topological polar surface area (TPSA) is 70.2 Å². The number of nitrogens with zero attached hydrogens (tertiary/aromatic N) is 3. The van der Waals surface area contributed by atoms with Crippen LogP contribution in [0.15, 0.2) is 42.5 Å². The lowest BCUT2D eigenvalue weighted by molar-refractivity contribution is 0.0942. The van der Waals surface area contributed by atoms with Crippen molar-refractivity contribution in [1.29, 1.82) is 0 Å². The lowest BCUT2D eigenvalue weighted by Gasteiger charge is -2.29. The van der Waals surface area contributed by atoms with E-state index in [4.69, 9.17) is 21.6 Å². The maximum absolute atomic E-state index is 12.5. The number of carbonyl (C=O) groups excluding carboxylic acids is 1. The van der Waals surface area contributed by atoms with Crippen LogP contribution in [0.25, 0.3) is 10.9 Å². The van der Waals surface area contributed by atoms with Crippen molar-refractivity contribution in [2.75, 3.05) is 30.9 Å². The van der Waals surface area contributed by atoms with Gasteiger partial charge in [0.1, 0.15) is 5.82 Å². The number of halogens is 1. The van der Waals surface area contributed by atoms with Crippen molar-refractivity contribution in [3.05, 3.63) is 58.6 Å². The smallest absolute Gasteiger partial charge is 0.251 e. The Balaban J connectivity index is 1.32. The second-order valence-corrected chi connectivity index (χ2v) is 9.25. The molecule has 0 atom stereocenters. The number of nitrogens with one attached hydrogen (secondary N) is 2. The van der Waals surface area contributed by atoms with E-state index in [-0.39, 0.29) is 5.91 Å². The van der Waals surface area contributed by atoms with E-state index >= 15 is 0 Å². The summed E-state index contributed by atoms with van der Waals surface area (Å²) in [6.45, 7) is 2.61. The number of para-hydroxylation sites is 1. The summed E-state index contributed by atoms with van der Waals surface area (Å²) in [6, 6.07) is 13.8. The number of hydrogen-bond donors (Lipinski definition) is 2. The molecule has 1 aromatic heterocycles. The highest BCUT2D eigenvalue weighted by Crippen LogP contribution is 2.28. The maximum atomic E-state index is 12.5. The average Bonchev–Trinajstić information content (AvgIpc) is 2.78. The highest BCUT2D eigenvalue weighted by atomic mass is 35.5. The zero-order chi connectivity index (χ0) is 22.7. The standard InChI is InChI=1S/C25H30ClN5O/c1-16-14-18(26)10-13-20(16)24(32)27-15-17-8-11-19(12-9-17)28-25-29-22-7-5-4-6-21(22)23(30-25)31(2)3/h4-7,10,13-14,17,19H,8-9,11-12,15H2,1-3H3,(H,27,32)(H,28,29,30). The molecule has 1 amide bonds. The van der Waals surface area contributed by atoms with E-state index in [0.717, 1.165) is 48.0 Å². The van der Waals surface area contributed by atoms with Crippen LogP contribution in [0, 0.1) is 12.8 Å². The van der Waals surface area contributed by atoms with Crippen molar-refractivity contribution in [2.45, 2.75) is 38.6 Å².